The maximum absolute atomic E-state index is 13.4. The number of aromatic nitrogens is 5. The molecule has 1 aliphatic rings. The van der Waals surface area contributed by atoms with E-state index >= 15 is 0 Å². The zero-order valence-corrected chi connectivity index (χ0v) is 22.3. The lowest BCUT2D eigenvalue weighted by molar-refractivity contribution is 0.549. The summed E-state index contributed by atoms with van der Waals surface area (Å²) in [5.41, 5.74) is 4.75. The van der Waals surface area contributed by atoms with Crippen LogP contribution in [0.3, 0.4) is 0 Å². The molecule has 0 atom stereocenters. The van der Waals surface area contributed by atoms with Crippen molar-refractivity contribution in [2.75, 3.05) is 23.9 Å². The van der Waals surface area contributed by atoms with Gasteiger partial charge in [-0.2, -0.15) is 4.98 Å². The van der Waals surface area contributed by atoms with Crippen molar-refractivity contribution in [1.29, 1.82) is 0 Å². The smallest absolute Gasteiger partial charge is 0.278 e. The van der Waals surface area contributed by atoms with Gasteiger partial charge in [-0.15, -0.1) is 0 Å². The summed E-state index contributed by atoms with van der Waals surface area (Å²) in [6, 6.07) is 9.88. The molecule has 10 nitrogen and oxygen atoms in total. The summed E-state index contributed by atoms with van der Waals surface area (Å²) in [7, 11) is -3.30. The van der Waals surface area contributed by atoms with Crippen LogP contribution in [-0.2, 0) is 34.8 Å². The third-order valence-corrected chi connectivity index (χ3v) is 7.38. The summed E-state index contributed by atoms with van der Waals surface area (Å²) in [6.45, 7) is 7.96. The van der Waals surface area contributed by atoms with E-state index in [9.17, 15) is 13.2 Å². The van der Waals surface area contributed by atoms with Gasteiger partial charge in [-0.3, -0.25) is 9.78 Å². The molecule has 0 fully saturated rings. The summed E-state index contributed by atoms with van der Waals surface area (Å²) in [4.78, 5) is 27.0. The van der Waals surface area contributed by atoms with Gasteiger partial charge < -0.3 is 10.6 Å². The minimum Gasteiger partial charge on any atom is -0.324 e. The van der Waals surface area contributed by atoms with Crippen LogP contribution in [0.4, 0.5) is 11.6 Å². The molecule has 0 amide bonds. The molecule has 4 heterocycles. The molecule has 194 valence electrons. The standard InChI is InChI=1S/C26H31N7O3S/c1-26(2,3)22-14-20(8-10-28-22)33-23-21(24(34)32(33)11-12-37(4,35)36)16-29-25(31-23)30-19-6-5-18-15-27-9-7-17(18)13-19/h5-6,8,10,13-14,16,27H,7,9,11-12,15H2,1-4H3,(H,29,30,31). The Morgan fingerprint density at radius 3 is 2.68 bits per heavy atom. The average Bonchev–Trinajstić information content (AvgIpc) is 3.12. The summed E-state index contributed by atoms with van der Waals surface area (Å²) >= 11 is 0. The fourth-order valence-corrected chi connectivity index (χ4v) is 4.96. The highest BCUT2D eigenvalue weighted by atomic mass is 32.2. The second-order valence-corrected chi connectivity index (χ2v) is 12.7. The van der Waals surface area contributed by atoms with Crippen LogP contribution in [0.25, 0.3) is 16.7 Å². The van der Waals surface area contributed by atoms with Crippen LogP contribution in [0.15, 0.2) is 47.5 Å². The molecular weight excluding hydrogens is 490 g/mol. The van der Waals surface area contributed by atoms with E-state index < -0.39 is 9.84 Å². The van der Waals surface area contributed by atoms with Gasteiger partial charge in [0, 0.05) is 42.0 Å². The minimum atomic E-state index is -3.30. The molecular formula is C26H31N7O3S. The summed E-state index contributed by atoms with van der Waals surface area (Å²) in [5.74, 6) is 0.170. The largest absolute Gasteiger partial charge is 0.324 e. The van der Waals surface area contributed by atoms with E-state index in [1.165, 1.54) is 22.0 Å². The molecule has 1 aliphatic heterocycles. The Morgan fingerprint density at radius 1 is 1.11 bits per heavy atom. The number of pyridine rings is 1. The number of benzene rings is 1. The first-order valence-corrected chi connectivity index (χ1v) is 14.3. The average molecular weight is 522 g/mol. The predicted octanol–water partition coefficient (Wildman–Crippen LogP) is 2.71. The molecule has 0 spiro atoms. The zero-order valence-electron chi connectivity index (χ0n) is 21.4. The normalized spacial score (nSPS) is 14.1. The number of nitrogens with one attached hydrogen (secondary N) is 2. The quantitative estimate of drug-likeness (QED) is 0.397. The van der Waals surface area contributed by atoms with Gasteiger partial charge in [-0.1, -0.05) is 26.8 Å². The number of sulfone groups is 1. The molecule has 0 aliphatic carbocycles. The third-order valence-electron chi connectivity index (χ3n) is 6.45. The molecule has 11 heteroatoms. The van der Waals surface area contributed by atoms with Crippen molar-refractivity contribution in [2.24, 2.45) is 0 Å². The Morgan fingerprint density at radius 2 is 1.92 bits per heavy atom. The fourth-order valence-electron chi connectivity index (χ4n) is 4.45. The van der Waals surface area contributed by atoms with Crippen molar-refractivity contribution in [3.05, 3.63) is 69.9 Å². The van der Waals surface area contributed by atoms with Gasteiger partial charge in [-0.05, 0) is 48.4 Å². The Kier molecular flexibility index (Phi) is 6.36. The Labute approximate surface area is 215 Å². The minimum absolute atomic E-state index is 0.0111. The lowest BCUT2D eigenvalue weighted by Gasteiger charge is -2.19. The van der Waals surface area contributed by atoms with Gasteiger partial charge >= 0.3 is 0 Å². The highest BCUT2D eigenvalue weighted by Crippen LogP contribution is 2.25. The Balaban J connectivity index is 1.63. The molecule has 0 unspecified atom stereocenters. The molecule has 3 aromatic heterocycles. The van der Waals surface area contributed by atoms with Crippen LogP contribution in [0.2, 0.25) is 0 Å². The van der Waals surface area contributed by atoms with E-state index in [2.05, 4.69) is 53.5 Å². The molecule has 0 radical (unpaired) electrons. The SMILES string of the molecule is CC(C)(C)c1cc(-n2c3nc(Nc4ccc5c(c4)CCNC5)ncc3c(=O)n2CCS(C)(=O)=O)ccn1. The van der Waals surface area contributed by atoms with Gasteiger partial charge in [0.15, 0.2) is 5.65 Å². The molecule has 4 aromatic rings. The first-order valence-electron chi connectivity index (χ1n) is 12.2. The number of hydrogen-bond donors (Lipinski definition) is 2. The van der Waals surface area contributed by atoms with Crippen LogP contribution < -0.4 is 16.2 Å². The van der Waals surface area contributed by atoms with Crippen molar-refractivity contribution >= 4 is 32.5 Å². The third kappa shape index (κ3) is 5.28. The van der Waals surface area contributed by atoms with Crippen molar-refractivity contribution < 1.29 is 8.42 Å². The summed E-state index contributed by atoms with van der Waals surface area (Å²) < 4.78 is 27.0. The van der Waals surface area contributed by atoms with Gasteiger partial charge in [0.2, 0.25) is 5.95 Å². The van der Waals surface area contributed by atoms with E-state index in [4.69, 9.17) is 4.98 Å². The first kappa shape index (κ1) is 25.1. The number of nitrogens with zero attached hydrogens (tertiary/aromatic N) is 5. The zero-order chi connectivity index (χ0) is 26.4. The van der Waals surface area contributed by atoms with Gasteiger partial charge in [0.05, 0.1) is 18.0 Å². The number of rotatable bonds is 6. The van der Waals surface area contributed by atoms with Crippen molar-refractivity contribution in [3.63, 3.8) is 0 Å². The predicted molar refractivity (Wildman–Crippen MR) is 144 cm³/mol. The van der Waals surface area contributed by atoms with Crippen molar-refractivity contribution in [2.45, 2.75) is 45.7 Å². The molecule has 0 saturated heterocycles. The number of anilines is 2. The fraction of sp³-hybridized carbons (Fsp3) is 0.385. The Bertz CT molecular complexity index is 1650. The van der Waals surface area contributed by atoms with Crippen LogP contribution in [0, 0.1) is 0 Å². The van der Waals surface area contributed by atoms with Crippen LogP contribution >= 0.6 is 0 Å². The second kappa shape index (κ2) is 9.38. The van der Waals surface area contributed by atoms with Crippen LogP contribution in [-0.4, -0.2) is 51.3 Å². The monoisotopic (exact) mass is 521 g/mol. The maximum atomic E-state index is 13.4. The highest BCUT2D eigenvalue weighted by Gasteiger charge is 2.21. The molecule has 2 N–H and O–H groups in total. The van der Waals surface area contributed by atoms with Gasteiger partial charge in [-0.25, -0.2) is 22.8 Å². The summed E-state index contributed by atoms with van der Waals surface area (Å²) in [5, 5.41) is 6.95. The van der Waals surface area contributed by atoms with E-state index in [-0.39, 0.29) is 23.3 Å². The van der Waals surface area contributed by atoms with Crippen molar-refractivity contribution in [3.8, 4) is 5.69 Å². The first-order chi connectivity index (χ1) is 17.5. The maximum Gasteiger partial charge on any atom is 0.278 e. The Hall–Kier alpha value is -3.57. The van der Waals surface area contributed by atoms with Gasteiger partial charge in [0.1, 0.15) is 15.2 Å². The van der Waals surface area contributed by atoms with E-state index in [0.717, 1.165) is 37.1 Å². The molecule has 0 saturated carbocycles. The lowest BCUT2D eigenvalue weighted by Crippen LogP contribution is -2.26. The van der Waals surface area contributed by atoms with Crippen LogP contribution in [0.1, 0.15) is 37.6 Å². The van der Waals surface area contributed by atoms with Gasteiger partial charge in [0.25, 0.3) is 5.56 Å². The van der Waals surface area contributed by atoms with E-state index in [1.54, 1.807) is 16.9 Å². The molecule has 1 aromatic carbocycles. The molecule has 0 bridgehead atoms. The van der Waals surface area contributed by atoms with E-state index in [1.807, 2.05) is 12.1 Å². The number of hydrogen-bond acceptors (Lipinski definition) is 8. The highest BCUT2D eigenvalue weighted by molar-refractivity contribution is 7.90. The van der Waals surface area contributed by atoms with Crippen molar-refractivity contribution in [1.82, 2.24) is 29.6 Å². The van der Waals surface area contributed by atoms with Crippen LogP contribution in [0.5, 0.6) is 0 Å². The summed E-state index contributed by atoms with van der Waals surface area (Å²) in [6.07, 6.45) is 5.29. The van der Waals surface area contributed by atoms with E-state index in [0.29, 0.717) is 22.7 Å². The topological polar surface area (TPSA) is 124 Å². The molecule has 37 heavy (non-hydrogen) atoms. The lowest BCUT2D eigenvalue weighted by atomic mass is 9.91. The number of fused-ring (bicyclic) bond motifs is 2. The second-order valence-electron chi connectivity index (χ2n) is 10.5. The molecule has 5 rings (SSSR count).